The fourth-order valence-corrected chi connectivity index (χ4v) is 2.02. The van der Waals surface area contributed by atoms with Gasteiger partial charge >= 0.3 is 0 Å². The molecule has 0 spiro atoms. The number of aryl methyl sites for hydroxylation is 1. The lowest BCUT2D eigenvalue weighted by atomic mass is 10.1. The van der Waals surface area contributed by atoms with Crippen LogP contribution in [0.25, 0.3) is 0 Å². The van der Waals surface area contributed by atoms with Crippen LogP contribution in [-0.4, -0.2) is 25.7 Å². The first-order chi connectivity index (χ1) is 8.16. The van der Waals surface area contributed by atoms with Gasteiger partial charge in [-0.1, -0.05) is 0 Å². The third kappa shape index (κ3) is 2.97. The molecule has 4 nitrogen and oxygen atoms in total. The first-order valence-electron chi connectivity index (χ1n) is 5.89. The number of hydrogen-bond donors (Lipinski definition) is 2. The molecule has 1 saturated heterocycles. The summed E-state index contributed by atoms with van der Waals surface area (Å²) in [5.74, 6) is 0.419. The minimum Gasteiger partial charge on any atom is -0.399 e. The Morgan fingerprint density at radius 2 is 2.41 bits per heavy atom. The first kappa shape index (κ1) is 11.9. The number of carbonyl (C=O) groups excluding carboxylic acids is 1. The number of hydrogen-bond acceptors (Lipinski definition) is 3. The normalized spacial score (nSPS) is 19.2. The number of nitrogens with one attached hydrogen (secondary N) is 1. The van der Waals surface area contributed by atoms with Gasteiger partial charge in [-0.25, -0.2) is 0 Å². The summed E-state index contributed by atoms with van der Waals surface area (Å²) in [6.07, 6.45) is 1.03. The molecule has 1 atom stereocenters. The summed E-state index contributed by atoms with van der Waals surface area (Å²) in [6.45, 7) is 4.13. The van der Waals surface area contributed by atoms with Crippen LogP contribution in [0.5, 0.6) is 0 Å². The number of rotatable bonds is 3. The lowest BCUT2D eigenvalue weighted by molar-refractivity contribution is 0.0944. The molecule has 0 aromatic heterocycles. The maximum Gasteiger partial charge on any atom is 0.251 e. The molecule has 92 valence electrons. The molecule has 2 rings (SSSR count). The Morgan fingerprint density at radius 1 is 1.59 bits per heavy atom. The third-order valence-electron chi connectivity index (χ3n) is 3.07. The zero-order valence-electron chi connectivity index (χ0n) is 10.0. The number of amides is 1. The SMILES string of the molecule is Cc1cc(N)ccc1C(=O)NCC1CCOC1. The van der Waals surface area contributed by atoms with E-state index in [2.05, 4.69) is 5.32 Å². The van der Waals surface area contributed by atoms with Crippen molar-refractivity contribution in [3.63, 3.8) is 0 Å². The van der Waals surface area contributed by atoms with Gasteiger partial charge in [0.2, 0.25) is 0 Å². The van der Waals surface area contributed by atoms with E-state index in [1.165, 1.54) is 0 Å². The minimum absolute atomic E-state index is 0.0330. The molecule has 0 bridgehead atoms. The highest BCUT2D eigenvalue weighted by Crippen LogP contribution is 2.14. The van der Waals surface area contributed by atoms with Crippen molar-refractivity contribution in [3.05, 3.63) is 29.3 Å². The van der Waals surface area contributed by atoms with Gasteiger partial charge in [0, 0.05) is 30.3 Å². The zero-order valence-corrected chi connectivity index (χ0v) is 10.0. The van der Waals surface area contributed by atoms with Crippen LogP contribution in [0.2, 0.25) is 0 Å². The zero-order chi connectivity index (χ0) is 12.3. The predicted molar refractivity (Wildman–Crippen MR) is 66.9 cm³/mol. The smallest absolute Gasteiger partial charge is 0.251 e. The van der Waals surface area contributed by atoms with Crippen molar-refractivity contribution < 1.29 is 9.53 Å². The van der Waals surface area contributed by atoms with Gasteiger partial charge in [-0.3, -0.25) is 4.79 Å². The van der Waals surface area contributed by atoms with Crippen molar-refractivity contribution in [1.82, 2.24) is 5.32 Å². The van der Waals surface area contributed by atoms with Gasteiger partial charge in [0.15, 0.2) is 0 Å². The topological polar surface area (TPSA) is 64.4 Å². The van der Waals surface area contributed by atoms with Crippen LogP contribution in [0.4, 0.5) is 5.69 Å². The van der Waals surface area contributed by atoms with Gasteiger partial charge in [-0.05, 0) is 37.1 Å². The van der Waals surface area contributed by atoms with Crippen LogP contribution in [0.3, 0.4) is 0 Å². The largest absolute Gasteiger partial charge is 0.399 e. The maximum absolute atomic E-state index is 11.9. The Labute approximate surface area is 101 Å². The molecule has 1 amide bonds. The second-order valence-electron chi connectivity index (χ2n) is 4.51. The molecule has 1 aromatic carbocycles. The van der Waals surface area contributed by atoms with E-state index >= 15 is 0 Å². The number of carbonyl (C=O) groups is 1. The average molecular weight is 234 g/mol. The molecule has 1 unspecified atom stereocenters. The van der Waals surface area contributed by atoms with Crippen LogP contribution < -0.4 is 11.1 Å². The summed E-state index contributed by atoms with van der Waals surface area (Å²) in [5.41, 5.74) is 7.94. The van der Waals surface area contributed by atoms with E-state index in [1.54, 1.807) is 12.1 Å². The molecular formula is C13H18N2O2. The number of benzene rings is 1. The Kier molecular flexibility index (Phi) is 3.64. The van der Waals surface area contributed by atoms with E-state index in [0.717, 1.165) is 25.2 Å². The molecule has 3 N–H and O–H groups in total. The van der Waals surface area contributed by atoms with Crippen molar-refractivity contribution in [3.8, 4) is 0 Å². The highest BCUT2D eigenvalue weighted by molar-refractivity contribution is 5.95. The molecular weight excluding hydrogens is 216 g/mol. The van der Waals surface area contributed by atoms with E-state index in [-0.39, 0.29) is 5.91 Å². The summed E-state index contributed by atoms with van der Waals surface area (Å²) in [5, 5.41) is 2.94. The molecule has 1 aromatic rings. The molecule has 1 heterocycles. The molecule has 17 heavy (non-hydrogen) atoms. The molecule has 0 aliphatic carbocycles. The Morgan fingerprint density at radius 3 is 3.06 bits per heavy atom. The fourth-order valence-electron chi connectivity index (χ4n) is 2.02. The summed E-state index contributed by atoms with van der Waals surface area (Å²) >= 11 is 0. The van der Waals surface area contributed by atoms with Gasteiger partial charge in [0.05, 0.1) is 6.61 Å². The van der Waals surface area contributed by atoms with Gasteiger partial charge in [0.1, 0.15) is 0 Å². The number of ether oxygens (including phenoxy) is 1. The Balaban J connectivity index is 1.94. The fraction of sp³-hybridized carbons (Fsp3) is 0.462. The summed E-state index contributed by atoms with van der Waals surface area (Å²) in [7, 11) is 0. The second-order valence-corrected chi connectivity index (χ2v) is 4.51. The van der Waals surface area contributed by atoms with Crippen molar-refractivity contribution >= 4 is 11.6 Å². The standard InChI is InChI=1S/C13H18N2O2/c1-9-6-11(14)2-3-12(9)13(16)15-7-10-4-5-17-8-10/h2-3,6,10H,4-5,7-8,14H2,1H3,(H,15,16). The first-order valence-corrected chi connectivity index (χ1v) is 5.89. The van der Waals surface area contributed by atoms with Crippen molar-refractivity contribution in [2.75, 3.05) is 25.5 Å². The summed E-state index contributed by atoms with van der Waals surface area (Å²) in [6, 6.07) is 5.33. The number of nitrogens with two attached hydrogens (primary N) is 1. The van der Waals surface area contributed by atoms with E-state index in [0.29, 0.717) is 23.7 Å². The van der Waals surface area contributed by atoms with E-state index in [4.69, 9.17) is 10.5 Å². The van der Waals surface area contributed by atoms with Crippen molar-refractivity contribution in [2.24, 2.45) is 5.92 Å². The Hall–Kier alpha value is -1.55. The molecule has 4 heteroatoms. The summed E-state index contributed by atoms with van der Waals surface area (Å²) < 4.78 is 5.27. The van der Waals surface area contributed by atoms with Crippen molar-refractivity contribution in [1.29, 1.82) is 0 Å². The molecule has 0 saturated carbocycles. The molecule has 1 aliphatic heterocycles. The van der Waals surface area contributed by atoms with Crippen molar-refractivity contribution in [2.45, 2.75) is 13.3 Å². The van der Waals surface area contributed by atoms with Crippen LogP contribution >= 0.6 is 0 Å². The second kappa shape index (κ2) is 5.19. The van der Waals surface area contributed by atoms with Crippen LogP contribution in [0.1, 0.15) is 22.3 Å². The highest BCUT2D eigenvalue weighted by Gasteiger charge is 2.17. The maximum atomic E-state index is 11.9. The number of anilines is 1. The number of nitrogen functional groups attached to an aromatic ring is 1. The molecule has 1 fully saturated rings. The van der Waals surface area contributed by atoms with Crippen LogP contribution in [0, 0.1) is 12.8 Å². The van der Waals surface area contributed by atoms with E-state index < -0.39 is 0 Å². The van der Waals surface area contributed by atoms with Gasteiger partial charge in [-0.15, -0.1) is 0 Å². The highest BCUT2D eigenvalue weighted by atomic mass is 16.5. The average Bonchev–Trinajstić information content (AvgIpc) is 2.78. The lowest BCUT2D eigenvalue weighted by Crippen LogP contribution is -2.30. The predicted octanol–water partition coefficient (Wildman–Crippen LogP) is 1.34. The Bertz CT molecular complexity index is 412. The monoisotopic (exact) mass is 234 g/mol. The molecule has 1 aliphatic rings. The minimum atomic E-state index is -0.0330. The van der Waals surface area contributed by atoms with Gasteiger partial charge in [0.25, 0.3) is 5.91 Å². The third-order valence-corrected chi connectivity index (χ3v) is 3.07. The van der Waals surface area contributed by atoms with E-state index in [9.17, 15) is 4.79 Å². The van der Waals surface area contributed by atoms with Crippen LogP contribution in [-0.2, 0) is 4.74 Å². The molecule has 0 radical (unpaired) electrons. The lowest BCUT2D eigenvalue weighted by Gasteiger charge is -2.11. The van der Waals surface area contributed by atoms with Gasteiger partial charge < -0.3 is 15.8 Å². The van der Waals surface area contributed by atoms with E-state index in [1.807, 2.05) is 13.0 Å². The quantitative estimate of drug-likeness (QED) is 0.776. The summed E-state index contributed by atoms with van der Waals surface area (Å²) in [4.78, 5) is 11.9. The van der Waals surface area contributed by atoms with Gasteiger partial charge in [-0.2, -0.15) is 0 Å². The van der Waals surface area contributed by atoms with Crippen LogP contribution in [0.15, 0.2) is 18.2 Å².